The van der Waals surface area contributed by atoms with Gasteiger partial charge in [0, 0.05) is 19.5 Å². The molecule has 0 radical (unpaired) electrons. The molecule has 1 heterocycles. The largest absolute Gasteiger partial charge is 0.444 e. The highest BCUT2D eigenvalue weighted by molar-refractivity contribution is 5.75. The van der Waals surface area contributed by atoms with E-state index in [1.807, 2.05) is 34.6 Å². The summed E-state index contributed by atoms with van der Waals surface area (Å²) in [5.41, 5.74) is 1.62. The van der Waals surface area contributed by atoms with Gasteiger partial charge in [-0.1, -0.05) is 13.8 Å². The van der Waals surface area contributed by atoms with Crippen LogP contribution >= 0.6 is 0 Å². The van der Waals surface area contributed by atoms with Gasteiger partial charge in [0.25, 0.3) is 0 Å². The Hall–Kier alpha value is -1.30. The van der Waals surface area contributed by atoms with Crippen LogP contribution in [0.5, 0.6) is 0 Å². The molecule has 0 spiro atoms. The third kappa shape index (κ3) is 7.00. The van der Waals surface area contributed by atoms with Gasteiger partial charge in [0.15, 0.2) is 0 Å². The van der Waals surface area contributed by atoms with Crippen LogP contribution in [-0.2, 0) is 9.53 Å². The SMILES string of the molecule is CC.CC(C)(C)OC(=O)N1CCC(CC(=O)NN)C1. The molecule has 1 unspecified atom stereocenters. The molecule has 1 atom stereocenters. The van der Waals surface area contributed by atoms with Crippen LogP contribution in [0.2, 0.25) is 0 Å². The number of rotatable bonds is 2. The van der Waals surface area contributed by atoms with E-state index in [9.17, 15) is 9.59 Å². The second-order valence-electron chi connectivity index (χ2n) is 5.35. The Bertz CT molecular complexity index is 300. The smallest absolute Gasteiger partial charge is 0.410 e. The van der Waals surface area contributed by atoms with Gasteiger partial charge in [0.2, 0.25) is 5.91 Å². The molecule has 1 fully saturated rings. The molecule has 112 valence electrons. The number of nitrogens with two attached hydrogens (primary N) is 1. The Kier molecular flexibility index (Phi) is 7.44. The van der Waals surface area contributed by atoms with Gasteiger partial charge < -0.3 is 9.64 Å². The zero-order valence-corrected chi connectivity index (χ0v) is 12.7. The highest BCUT2D eigenvalue weighted by Gasteiger charge is 2.30. The second kappa shape index (κ2) is 7.99. The maximum Gasteiger partial charge on any atom is 0.410 e. The minimum atomic E-state index is -0.482. The topological polar surface area (TPSA) is 84.7 Å². The second-order valence-corrected chi connectivity index (χ2v) is 5.35. The quantitative estimate of drug-likeness (QED) is 0.455. The summed E-state index contributed by atoms with van der Waals surface area (Å²) in [4.78, 5) is 24.5. The lowest BCUT2D eigenvalue weighted by Gasteiger charge is -2.24. The maximum absolute atomic E-state index is 11.7. The molecule has 19 heavy (non-hydrogen) atoms. The molecule has 0 bridgehead atoms. The fourth-order valence-corrected chi connectivity index (χ4v) is 1.81. The van der Waals surface area contributed by atoms with Crippen molar-refractivity contribution in [3.05, 3.63) is 0 Å². The highest BCUT2D eigenvalue weighted by atomic mass is 16.6. The number of hydrazine groups is 1. The Morgan fingerprint density at radius 3 is 2.42 bits per heavy atom. The molecule has 1 rings (SSSR count). The number of hydrogen-bond donors (Lipinski definition) is 2. The van der Waals surface area contributed by atoms with Gasteiger partial charge in [0.05, 0.1) is 0 Å². The fourth-order valence-electron chi connectivity index (χ4n) is 1.81. The van der Waals surface area contributed by atoms with E-state index in [0.29, 0.717) is 19.5 Å². The molecule has 1 saturated heterocycles. The summed E-state index contributed by atoms with van der Waals surface area (Å²) in [7, 11) is 0. The van der Waals surface area contributed by atoms with Gasteiger partial charge in [0.1, 0.15) is 5.60 Å². The van der Waals surface area contributed by atoms with Crippen molar-refractivity contribution in [2.24, 2.45) is 11.8 Å². The number of carbonyl (C=O) groups is 2. The average Bonchev–Trinajstić information content (AvgIpc) is 2.78. The van der Waals surface area contributed by atoms with Gasteiger partial charge >= 0.3 is 6.09 Å². The maximum atomic E-state index is 11.7. The van der Waals surface area contributed by atoms with E-state index in [1.54, 1.807) is 4.90 Å². The van der Waals surface area contributed by atoms with E-state index in [0.717, 1.165) is 6.42 Å². The lowest BCUT2D eigenvalue weighted by Crippen LogP contribution is -2.36. The first kappa shape index (κ1) is 17.7. The molecule has 0 aromatic carbocycles. The van der Waals surface area contributed by atoms with Crippen LogP contribution in [-0.4, -0.2) is 35.6 Å². The summed E-state index contributed by atoms with van der Waals surface area (Å²) in [5, 5.41) is 0. The Morgan fingerprint density at radius 2 is 1.95 bits per heavy atom. The molecule has 0 aromatic heterocycles. The van der Waals surface area contributed by atoms with Gasteiger partial charge in [-0.2, -0.15) is 0 Å². The molecule has 0 saturated carbocycles. The molecular formula is C13H27N3O3. The van der Waals surface area contributed by atoms with Crippen molar-refractivity contribution in [3.63, 3.8) is 0 Å². The zero-order chi connectivity index (χ0) is 15.1. The van der Waals surface area contributed by atoms with Gasteiger partial charge in [-0.25, -0.2) is 10.6 Å². The van der Waals surface area contributed by atoms with E-state index in [2.05, 4.69) is 5.43 Å². The van der Waals surface area contributed by atoms with Crippen LogP contribution in [0.4, 0.5) is 4.79 Å². The van der Waals surface area contributed by atoms with Crippen molar-refractivity contribution in [1.82, 2.24) is 10.3 Å². The molecule has 0 aliphatic carbocycles. The number of hydrogen-bond acceptors (Lipinski definition) is 4. The molecule has 1 aliphatic heterocycles. The highest BCUT2D eigenvalue weighted by Crippen LogP contribution is 2.21. The third-order valence-corrected chi connectivity index (χ3v) is 2.57. The predicted molar refractivity (Wildman–Crippen MR) is 74.2 cm³/mol. The van der Waals surface area contributed by atoms with Crippen molar-refractivity contribution < 1.29 is 14.3 Å². The fraction of sp³-hybridized carbons (Fsp3) is 0.846. The number of likely N-dealkylation sites (tertiary alicyclic amines) is 1. The summed E-state index contributed by atoms with van der Waals surface area (Å²) in [6.07, 6.45) is 0.857. The molecule has 1 aliphatic rings. The number of carbonyl (C=O) groups excluding carboxylic acids is 2. The van der Waals surface area contributed by atoms with Gasteiger partial charge in [-0.3, -0.25) is 10.2 Å². The number of amides is 2. The minimum absolute atomic E-state index is 0.172. The van der Waals surface area contributed by atoms with Crippen LogP contribution in [0, 0.1) is 5.92 Å². The molecular weight excluding hydrogens is 246 g/mol. The summed E-state index contributed by atoms with van der Waals surface area (Å²) in [6.45, 7) is 10.7. The van der Waals surface area contributed by atoms with E-state index in [1.165, 1.54) is 0 Å². The summed E-state index contributed by atoms with van der Waals surface area (Å²) >= 11 is 0. The summed E-state index contributed by atoms with van der Waals surface area (Å²) < 4.78 is 5.26. The van der Waals surface area contributed by atoms with Crippen molar-refractivity contribution >= 4 is 12.0 Å². The zero-order valence-electron chi connectivity index (χ0n) is 12.7. The first-order valence-electron chi connectivity index (χ1n) is 6.79. The molecule has 0 aromatic rings. The molecule has 6 heteroatoms. The van der Waals surface area contributed by atoms with Crippen molar-refractivity contribution in [3.8, 4) is 0 Å². The molecule has 2 amide bonds. The Balaban J connectivity index is 0.00000154. The average molecular weight is 273 g/mol. The van der Waals surface area contributed by atoms with Crippen molar-refractivity contribution in [1.29, 1.82) is 0 Å². The van der Waals surface area contributed by atoms with Crippen molar-refractivity contribution in [2.45, 2.75) is 53.1 Å². The normalized spacial score (nSPS) is 18.4. The lowest BCUT2D eigenvalue weighted by molar-refractivity contribution is -0.122. The van der Waals surface area contributed by atoms with Crippen LogP contribution in [0.15, 0.2) is 0 Å². The number of ether oxygens (including phenoxy) is 1. The molecule has 3 N–H and O–H groups in total. The first-order chi connectivity index (χ1) is 8.81. The number of nitrogens with one attached hydrogen (secondary N) is 1. The van der Waals surface area contributed by atoms with Crippen LogP contribution in [0.3, 0.4) is 0 Å². The van der Waals surface area contributed by atoms with Gasteiger partial charge in [-0.05, 0) is 33.1 Å². The van der Waals surface area contributed by atoms with Crippen LogP contribution in [0.1, 0.15) is 47.5 Å². The monoisotopic (exact) mass is 273 g/mol. The van der Waals surface area contributed by atoms with E-state index in [-0.39, 0.29) is 17.9 Å². The van der Waals surface area contributed by atoms with Crippen molar-refractivity contribution in [2.75, 3.05) is 13.1 Å². The first-order valence-corrected chi connectivity index (χ1v) is 6.79. The van der Waals surface area contributed by atoms with E-state index >= 15 is 0 Å². The predicted octanol–water partition coefficient (Wildman–Crippen LogP) is 1.65. The van der Waals surface area contributed by atoms with Gasteiger partial charge in [-0.15, -0.1) is 0 Å². The Morgan fingerprint density at radius 1 is 1.37 bits per heavy atom. The summed E-state index contributed by atoms with van der Waals surface area (Å²) in [5.74, 6) is 5.00. The summed E-state index contributed by atoms with van der Waals surface area (Å²) in [6, 6.07) is 0. The van der Waals surface area contributed by atoms with E-state index < -0.39 is 5.60 Å². The standard InChI is InChI=1S/C11H21N3O3.C2H6/c1-11(2,3)17-10(16)14-5-4-8(7-14)6-9(15)13-12;1-2/h8H,4-7,12H2,1-3H3,(H,13,15);1-2H3. The molecule has 6 nitrogen and oxygen atoms in total. The lowest BCUT2D eigenvalue weighted by atomic mass is 10.1. The van der Waals surface area contributed by atoms with Crippen LogP contribution < -0.4 is 11.3 Å². The number of nitrogens with zero attached hydrogens (tertiary/aromatic N) is 1. The third-order valence-electron chi connectivity index (χ3n) is 2.57. The van der Waals surface area contributed by atoms with Crippen LogP contribution in [0.25, 0.3) is 0 Å². The minimum Gasteiger partial charge on any atom is -0.444 e. The Labute approximate surface area is 115 Å². The van der Waals surface area contributed by atoms with E-state index in [4.69, 9.17) is 10.6 Å².